The summed E-state index contributed by atoms with van der Waals surface area (Å²) in [4.78, 5) is 50.9. The van der Waals surface area contributed by atoms with Gasteiger partial charge in [0.1, 0.15) is 11.6 Å². The van der Waals surface area contributed by atoms with Gasteiger partial charge in [0.25, 0.3) is 5.91 Å². The number of carbonyl (C=O) groups excluding carboxylic acids is 2. The fourth-order valence-corrected chi connectivity index (χ4v) is 5.01. The average molecular weight is 559 g/mol. The molecule has 214 valence electrons. The molecule has 41 heavy (non-hydrogen) atoms. The summed E-state index contributed by atoms with van der Waals surface area (Å²) in [6.07, 6.45) is 6.23. The number of hydrogen-bond acceptors (Lipinski definition) is 8. The predicted octanol–water partition coefficient (Wildman–Crippen LogP) is 3.66. The Kier molecular flexibility index (Phi) is 9.05. The molecule has 2 saturated heterocycles. The minimum atomic E-state index is -0.898. The van der Waals surface area contributed by atoms with Gasteiger partial charge >= 0.3 is 12.1 Å². The summed E-state index contributed by atoms with van der Waals surface area (Å²) >= 11 is 0. The first-order valence-corrected chi connectivity index (χ1v) is 13.9. The molecule has 2 fully saturated rings. The molecular weight excluding hydrogens is 524 g/mol. The number of carbonyl (C=O) groups is 3. The Balaban J connectivity index is 1.07. The van der Waals surface area contributed by atoms with Crippen molar-refractivity contribution in [1.29, 1.82) is 0 Å². The van der Waals surface area contributed by atoms with Gasteiger partial charge in [-0.1, -0.05) is 24.6 Å². The highest BCUT2D eigenvalue weighted by atomic mass is 16.6. The molecular formula is C30H34N6O5. The van der Waals surface area contributed by atoms with Crippen LogP contribution in [0.4, 0.5) is 16.4 Å². The van der Waals surface area contributed by atoms with E-state index in [1.807, 2.05) is 29.2 Å². The van der Waals surface area contributed by atoms with E-state index in [1.54, 1.807) is 35.4 Å². The molecule has 0 bridgehead atoms. The number of hydrogen-bond donors (Lipinski definition) is 2. The molecule has 11 heteroatoms. The van der Waals surface area contributed by atoms with Crippen LogP contribution in [0.15, 0.2) is 60.9 Å². The number of aliphatic carboxylic acids is 1. The third-order valence-corrected chi connectivity index (χ3v) is 7.28. The number of amides is 2. The zero-order valence-electron chi connectivity index (χ0n) is 22.9. The number of pyridine rings is 2. The number of carboxylic acid groups (broad SMARTS) is 1. The Labute approximate surface area is 238 Å². The van der Waals surface area contributed by atoms with Crippen molar-refractivity contribution in [2.24, 2.45) is 0 Å². The maximum atomic E-state index is 12.7. The highest BCUT2D eigenvalue weighted by Gasteiger charge is 2.23. The van der Waals surface area contributed by atoms with Crippen molar-refractivity contribution in [2.45, 2.75) is 32.2 Å². The molecule has 0 spiro atoms. The lowest BCUT2D eigenvalue weighted by Crippen LogP contribution is -2.49. The van der Waals surface area contributed by atoms with E-state index >= 15 is 0 Å². The average Bonchev–Trinajstić information content (AvgIpc) is 2.99. The summed E-state index contributed by atoms with van der Waals surface area (Å²) in [6, 6.07) is 14.4. The number of aromatic nitrogens is 2. The number of benzene rings is 1. The Morgan fingerprint density at radius 3 is 2.17 bits per heavy atom. The summed E-state index contributed by atoms with van der Waals surface area (Å²) in [5.41, 5.74) is 2.38. The van der Waals surface area contributed by atoms with Crippen LogP contribution in [0.3, 0.4) is 0 Å². The first-order valence-electron chi connectivity index (χ1n) is 13.9. The number of piperazine rings is 1. The second kappa shape index (κ2) is 13.2. The summed E-state index contributed by atoms with van der Waals surface area (Å²) in [5, 5.41) is 11.7. The zero-order valence-corrected chi connectivity index (χ0v) is 22.9. The molecule has 0 aliphatic carbocycles. The number of nitrogens with zero attached hydrogens (tertiary/aromatic N) is 5. The molecule has 2 amide bonds. The summed E-state index contributed by atoms with van der Waals surface area (Å²) in [5.74, 6) is 0.235. The van der Waals surface area contributed by atoms with Crippen LogP contribution in [-0.4, -0.2) is 82.1 Å². The largest absolute Gasteiger partial charge is 0.481 e. The van der Waals surface area contributed by atoms with E-state index < -0.39 is 12.1 Å². The van der Waals surface area contributed by atoms with Crippen LogP contribution >= 0.6 is 0 Å². The normalized spacial score (nSPS) is 15.8. The van der Waals surface area contributed by atoms with Gasteiger partial charge < -0.3 is 25.0 Å². The second-order valence-corrected chi connectivity index (χ2v) is 10.3. The van der Waals surface area contributed by atoms with Crippen LogP contribution in [0.2, 0.25) is 0 Å². The van der Waals surface area contributed by atoms with Crippen LogP contribution in [0.5, 0.6) is 5.75 Å². The van der Waals surface area contributed by atoms with E-state index in [2.05, 4.69) is 20.2 Å². The van der Waals surface area contributed by atoms with E-state index in [-0.39, 0.29) is 18.1 Å². The quantitative estimate of drug-likeness (QED) is 0.426. The smallest absolute Gasteiger partial charge is 0.415 e. The molecule has 5 rings (SSSR count). The molecule has 11 nitrogen and oxygen atoms in total. The van der Waals surface area contributed by atoms with Gasteiger partial charge in [-0.15, -0.1) is 0 Å². The number of anilines is 2. The predicted molar refractivity (Wildman–Crippen MR) is 153 cm³/mol. The summed E-state index contributed by atoms with van der Waals surface area (Å²) in [7, 11) is 0. The second-order valence-electron chi connectivity index (χ2n) is 10.3. The van der Waals surface area contributed by atoms with Crippen molar-refractivity contribution in [1.82, 2.24) is 19.8 Å². The third kappa shape index (κ3) is 7.79. The lowest BCUT2D eigenvalue weighted by molar-refractivity contribution is -0.136. The molecule has 0 radical (unpaired) electrons. The number of rotatable bonds is 8. The standard InChI is InChI=1S/C30H34N6O5/c37-28(38)18-23-6-11-27(32-19-23)35-14-16-36(17-15-35)30(40)41-25-9-10-26(31-20-25)33-29(39)24-7-4-22(5-8-24)21-34-12-2-1-3-13-34/h4-11,19-20H,1-3,12-18,21H2,(H,37,38)(H,31,33,39). The van der Waals surface area contributed by atoms with Crippen molar-refractivity contribution >= 4 is 29.6 Å². The first-order chi connectivity index (χ1) is 19.9. The van der Waals surface area contributed by atoms with Crippen molar-refractivity contribution in [3.05, 3.63) is 77.6 Å². The zero-order chi connectivity index (χ0) is 28.6. The van der Waals surface area contributed by atoms with Crippen molar-refractivity contribution in [3.63, 3.8) is 0 Å². The van der Waals surface area contributed by atoms with E-state index in [4.69, 9.17) is 9.84 Å². The molecule has 3 aromatic rings. The highest BCUT2D eigenvalue weighted by Crippen LogP contribution is 2.18. The molecule has 4 heterocycles. The van der Waals surface area contributed by atoms with Crippen molar-refractivity contribution < 1.29 is 24.2 Å². The van der Waals surface area contributed by atoms with Crippen molar-refractivity contribution in [2.75, 3.05) is 49.5 Å². The van der Waals surface area contributed by atoms with E-state index in [9.17, 15) is 14.4 Å². The highest BCUT2D eigenvalue weighted by molar-refractivity contribution is 6.03. The molecule has 2 aromatic heterocycles. The fourth-order valence-electron chi connectivity index (χ4n) is 5.01. The number of carboxylic acids is 1. The van der Waals surface area contributed by atoms with Gasteiger partial charge in [-0.3, -0.25) is 14.5 Å². The molecule has 0 unspecified atom stereocenters. The number of likely N-dealkylation sites (tertiary alicyclic amines) is 1. The van der Waals surface area contributed by atoms with Gasteiger partial charge in [-0.25, -0.2) is 14.8 Å². The van der Waals surface area contributed by atoms with Gasteiger partial charge in [0.15, 0.2) is 5.75 Å². The first kappa shape index (κ1) is 28.0. The Morgan fingerprint density at radius 2 is 1.54 bits per heavy atom. The monoisotopic (exact) mass is 558 g/mol. The van der Waals surface area contributed by atoms with E-state index in [0.29, 0.717) is 43.1 Å². The van der Waals surface area contributed by atoms with Gasteiger partial charge in [0.05, 0.1) is 12.6 Å². The minimum absolute atomic E-state index is 0.0675. The maximum Gasteiger partial charge on any atom is 0.415 e. The molecule has 2 aliphatic rings. The molecule has 2 aliphatic heterocycles. The lowest BCUT2D eigenvalue weighted by Gasteiger charge is -2.34. The summed E-state index contributed by atoms with van der Waals surface area (Å²) in [6.45, 7) is 5.21. The van der Waals surface area contributed by atoms with Gasteiger partial charge in [-0.05, 0) is 67.4 Å². The van der Waals surface area contributed by atoms with Crippen molar-refractivity contribution in [3.8, 4) is 5.75 Å². The molecule has 0 atom stereocenters. The molecule has 2 N–H and O–H groups in total. The van der Waals surface area contributed by atoms with Crippen LogP contribution < -0.4 is 15.0 Å². The molecule has 0 saturated carbocycles. The van der Waals surface area contributed by atoms with Gasteiger partial charge in [-0.2, -0.15) is 0 Å². The molecule has 1 aromatic carbocycles. The third-order valence-electron chi connectivity index (χ3n) is 7.28. The van der Waals surface area contributed by atoms with Gasteiger partial charge in [0.2, 0.25) is 0 Å². The maximum absolute atomic E-state index is 12.7. The number of nitrogens with one attached hydrogen (secondary N) is 1. The number of ether oxygens (including phenoxy) is 1. The van der Waals surface area contributed by atoms with Crippen LogP contribution in [0, 0.1) is 0 Å². The SMILES string of the molecule is O=C(O)Cc1ccc(N2CCN(C(=O)Oc3ccc(NC(=O)c4ccc(CN5CCCCC5)cc4)nc3)CC2)nc1. The fraction of sp³-hybridized carbons (Fsp3) is 0.367. The topological polar surface area (TPSA) is 128 Å². The Morgan fingerprint density at radius 1 is 0.805 bits per heavy atom. The number of piperidine rings is 1. The lowest BCUT2D eigenvalue weighted by atomic mass is 10.1. The van der Waals surface area contributed by atoms with Crippen LogP contribution in [0.25, 0.3) is 0 Å². The van der Waals surface area contributed by atoms with Gasteiger partial charge in [0, 0.05) is 44.5 Å². The Bertz CT molecular complexity index is 1330. The van der Waals surface area contributed by atoms with Crippen LogP contribution in [0.1, 0.15) is 40.7 Å². The minimum Gasteiger partial charge on any atom is -0.481 e. The van der Waals surface area contributed by atoms with Crippen LogP contribution in [-0.2, 0) is 17.8 Å². The van der Waals surface area contributed by atoms with E-state index in [0.717, 1.165) is 25.5 Å². The Hall–Kier alpha value is -4.51. The van der Waals surface area contributed by atoms with E-state index in [1.165, 1.54) is 31.0 Å². The summed E-state index contributed by atoms with van der Waals surface area (Å²) < 4.78 is 5.49.